The second-order valence-electron chi connectivity index (χ2n) is 5.23. The molecule has 1 aromatic heterocycles. The fraction of sp³-hybridized carbons (Fsp3) is 0.333. The Labute approximate surface area is 136 Å². The topological polar surface area (TPSA) is 76.9 Å². The molecular weight excluding hydrogens is 326 g/mol. The van der Waals surface area contributed by atoms with Crippen LogP contribution in [0.4, 0.5) is 14.6 Å². The van der Waals surface area contributed by atoms with E-state index in [4.69, 9.17) is 22.1 Å². The summed E-state index contributed by atoms with van der Waals surface area (Å²) < 4.78 is 34.7. The lowest BCUT2D eigenvalue weighted by molar-refractivity contribution is 0.0669. The fourth-order valence-corrected chi connectivity index (χ4v) is 2.81. The summed E-state index contributed by atoms with van der Waals surface area (Å²) in [4.78, 5) is 0. The van der Waals surface area contributed by atoms with E-state index in [1.165, 1.54) is 16.8 Å². The lowest BCUT2D eigenvalue weighted by Gasteiger charge is -2.23. The Morgan fingerprint density at radius 2 is 2.00 bits per heavy atom. The number of nitrogen functional groups attached to an aromatic ring is 1. The summed E-state index contributed by atoms with van der Waals surface area (Å²) in [6, 6.07) is 4.40. The Balaban J connectivity index is 2.13. The number of rotatable bonds is 2. The molecule has 2 heterocycles. The zero-order valence-electron chi connectivity index (χ0n) is 12.0. The normalized spacial score (nSPS) is 15.6. The summed E-state index contributed by atoms with van der Waals surface area (Å²) in [6.07, 6.45) is 1.38. The highest BCUT2D eigenvalue weighted by molar-refractivity contribution is 6.30. The predicted octanol–water partition coefficient (Wildman–Crippen LogP) is 3.29. The van der Waals surface area contributed by atoms with E-state index in [1.807, 2.05) is 6.07 Å². The second kappa shape index (κ2) is 6.14. The van der Waals surface area contributed by atoms with Gasteiger partial charge < -0.3 is 10.5 Å². The Morgan fingerprint density at radius 3 is 2.65 bits per heavy atom. The van der Waals surface area contributed by atoms with Crippen molar-refractivity contribution in [2.75, 3.05) is 18.9 Å². The van der Waals surface area contributed by atoms with Crippen LogP contribution in [0.25, 0.3) is 11.3 Å². The molecule has 23 heavy (non-hydrogen) atoms. The Hall–Kier alpha value is -2.17. The number of nitrogens with zero attached hydrogens (tertiary/aromatic N) is 3. The summed E-state index contributed by atoms with van der Waals surface area (Å²) in [5.41, 5.74) is 5.90. The first-order valence-electron chi connectivity index (χ1n) is 7.04. The molecule has 2 aromatic rings. The van der Waals surface area contributed by atoms with E-state index in [1.54, 1.807) is 0 Å². The minimum Gasteiger partial charge on any atom is -0.383 e. The van der Waals surface area contributed by atoms with Gasteiger partial charge >= 0.3 is 0 Å². The molecule has 0 radical (unpaired) electrons. The zero-order chi connectivity index (χ0) is 16.6. The van der Waals surface area contributed by atoms with Gasteiger partial charge in [0.1, 0.15) is 23.1 Å². The van der Waals surface area contributed by atoms with Crippen molar-refractivity contribution in [1.82, 2.24) is 9.78 Å². The highest BCUT2D eigenvalue weighted by Crippen LogP contribution is 2.34. The number of aromatic nitrogens is 2. The van der Waals surface area contributed by atoms with Gasteiger partial charge in [0.25, 0.3) is 0 Å². The van der Waals surface area contributed by atoms with Crippen molar-refractivity contribution >= 4 is 17.4 Å². The quantitative estimate of drug-likeness (QED) is 0.852. The fourth-order valence-electron chi connectivity index (χ4n) is 2.66. The van der Waals surface area contributed by atoms with Crippen LogP contribution in [0.3, 0.4) is 0 Å². The maximum atomic E-state index is 14.2. The molecule has 0 atom stereocenters. The van der Waals surface area contributed by atoms with Gasteiger partial charge in [0, 0.05) is 18.8 Å². The number of hydrogen-bond donors (Lipinski definition) is 1. The number of benzene rings is 1. The number of nitriles is 1. The summed E-state index contributed by atoms with van der Waals surface area (Å²) in [6.45, 7) is 1.12. The van der Waals surface area contributed by atoms with Crippen molar-refractivity contribution in [2.45, 2.75) is 18.9 Å². The van der Waals surface area contributed by atoms with Gasteiger partial charge in [0.15, 0.2) is 11.6 Å². The molecule has 0 saturated carbocycles. The van der Waals surface area contributed by atoms with Crippen molar-refractivity contribution in [3.63, 3.8) is 0 Å². The van der Waals surface area contributed by atoms with Gasteiger partial charge in [-0.1, -0.05) is 11.6 Å². The average Bonchev–Trinajstić information content (AvgIpc) is 2.90. The number of anilines is 1. The number of ether oxygens (including phenoxy) is 1. The van der Waals surface area contributed by atoms with Crippen LogP contribution in [-0.2, 0) is 4.74 Å². The summed E-state index contributed by atoms with van der Waals surface area (Å²) in [5, 5.41) is 13.3. The van der Waals surface area contributed by atoms with Crippen molar-refractivity contribution < 1.29 is 13.5 Å². The number of halogens is 3. The van der Waals surface area contributed by atoms with Gasteiger partial charge in [-0.05, 0) is 25.0 Å². The monoisotopic (exact) mass is 338 g/mol. The van der Waals surface area contributed by atoms with Gasteiger partial charge in [0.05, 0.1) is 11.1 Å². The molecule has 120 valence electrons. The van der Waals surface area contributed by atoms with Crippen molar-refractivity contribution in [3.05, 3.63) is 34.4 Å². The molecule has 0 bridgehead atoms. The lowest BCUT2D eigenvalue weighted by atomic mass is 10.1. The van der Waals surface area contributed by atoms with E-state index < -0.39 is 11.6 Å². The average molecular weight is 339 g/mol. The molecule has 0 amide bonds. The van der Waals surface area contributed by atoms with E-state index in [9.17, 15) is 14.0 Å². The molecule has 3 rings (SSSR count). The first kappa shape index (κ1) is 15.7. The molecule has 0 unspecified atom stereocenters. The first-order chi connectivity index (χ1) is 11.0. The van der Waals surface area contributed by atoms with Gasteiger partial charge in [-0.2, -0.15) is 10.4 Å². The molecule has 1 saturated heterocycles. The van der Waals surface area contributed by atoms with E-state index in [-0.39, 0.29) is 33.7 Å². The van der Waals surface area contributed by atoms with Crippen LogP contribution in [0.15, 0.2) is 12.1 Å². The SMILES string of the molecule is N#Cc1c(-c2ccc(Cl)c(F)c2F)nn(C2CCOCC2)c1N. The standard InChI is InChI=1S/C15H13ClF2N4O/c16-11-2-1-9(12(17)13(11)18)14-10(7-19)15(20)22(21-14)8-3-5-23-6-4-8/h1-2,8H,3-6,20H2. The van der Waals surface area contributed by atoms with Gasteiger partial charge in [-0.25, -0.2) is 13.5 Å². The van der Waals surface area contributed by atoms with E-state index in [0.717, 1.165) is 0 Å². The molecule has 1 aromatic carbocycles. The molecule has 8 heteroatoms. The van der Waals surface area contributed by atoms with Crippen LogP contribution in [0.1, 0.15) is 24.4 Å². The zero-order valence-corrected chi connectivity index (χ0v) is 12.8. The number of hydrogen-bond acceptors (Lipinski definition) is 4. The highest BCUT2D eigenvalue weighted by Gasteiger charge is 2.26. The van der Waals surface area contributed by atoms with E-state index in [0.29, 0.717) is 26.1 Å². The Kier molecular flexibility index (Phi) is 4.20. The summed E-state index contributed by atoms with van der Waals surface area (Å²) >= 11 is 5.56. The minimum absolute atomic E-state index is 0.0181. The first-order valence-corrected chi connectivity index (χ1v) is 7.42. The predicted molar refractivity (Wildman–Crippen MR) is 80.8 cm³/mol. The van der Waals surface area contributed by atoms with Gasteiger partial charge in [0.2, 0.25) is 0 Å². The van der Waals surface area contributed by atoms with Crippen molar-refractivity contribution in [2.24, 2.45) is 0 Å². The molecule has 2 N–H and O–H groups in total. The third-order valence-corrected chi connectivity index (χ3v) is 4.18. The maximum absolute atomic E-state index is 14.2. The highest BCUT2D eigenvalue weighted by atomic mass is 35.5. The third-order valence-electron chi connectivity index (χ3n) is 3.89. The molecule has 0 spiro atoms. The van der Waals surface area contributed by atoms with Crippen LogP contribution in [0.5, 0.6) is 0 Å². The third kappa shape index (κ3) is 2.64. The van der Waals surface area contributed by atoms with Crippen molar-refractivity contribution in [1.29, 1.82) is 5.26 Å². The van der Waals surface area contributed by atoms with Crippen LogP contribution in [-0.4, -0.2) is 23.0 Å². The molecule has 1 aliphatic heterocycles. The maximum Gasteiger partial charge on any atom is 0.178 e. The van der Waals surface area contributed by atoms with Crippen LogP contribution >= 0.6 is 11.6 Å². The summed E-state index contributed by atoms with van der Waals surface area (Å²) in [7, 11) is 0. The van der Waals surface area contributed by atoms with Gasteiger partial charge in [-0.3, -0.25) is 0 Å². The van der Waals surface area contributed by atoms with Crippen LogP contribution in [0, 0.1) is 23.0 Å². The molecule has 1 fully saturated rings. The Bertz CT molecular complexity index is 794. The van der Waals surface area contributed by atoms with E-state index in [2.05, 4.69) is 5.10 Å². The molecule has 1 aliphatic rings. The van der Waals surface area contributed by atoms with Gasteiger partial charge in [-0.15, -0.1) is 0 Å². The molecule has 0 aliphatic carbocycles. The van der Waals surface area contributed by atoms with Crippen molar-refractivity contribution in [3.8, 4) is 17.3 Å². The molecular formula is C15H13ClF2N4O. The van der Waals surface area contributed by atoms with E-state index >= 15 is 0 Å². The van der Waals surface area contributed by atoms with Crippen LogP contribution < -0.4 is 5.73 Å². The Morgan fingerprint density at radius 1 is 1.30 bits per heavy atom. The number of nitrogens with two attached hydrogens (primary N) is 1. The smallest absolute Gasteiger partial charge is 0.178 e. The minimum atomic E-state index is -1.17. The van der Waals surface area contributed by atoms with Crippen LogP contribution in [0.2, 0.25) is 5.02 Å². The summed E-state index contributed by atoms with van der Waals surface area (Å²) in [5.74, 6) is -2.18. The molecule has 5 nitrogen and oxygen atoms in total. The second-order valence-corrected chi connectivity index (χ2v) is 5.64. The largest absolute Gasteiger partial charge is 0.383 e. The lowest BCUT2D eigenvalue weighted by Crippen LogP contribution is -2.21.